The number of hydrogen-bond donors (Lipinski definition) is 2. The van der Waals surface area contributed by atoms with Crippen LogP contribution in [0.4, 0.5) is 17.6 Å². The van der Waals surface area contributed by atoms with Gasteiger partial charge in [0.25, 0.3) is 5.91 Å². The van der Waals surface area contributed by atoms with Crippen LogP contribution in [0, 0.1) is 5.92 Å². The second kappa shape index (κ2) is 7.31. The minimum Gasteiger partial charge on any atom is -0.388 e. The molecule has 2 atom stereocenters. The lowest BCUT2D eigenvalue weighted by atomic mass is 9.71. The first kappa shape index (κ1) is 21.3. The molecule has 1 amide bonds. The summed E-state index contributed by atoms with van der Waals surface area (Å²) < 4.78 is 55.4. The number of aliphatic hydroxyl groups is 1. The number of hydrogen-bond acceptors (Lipinski definition) is 4. The van der Waals surface area contributed by atoms with E-state index in [0.717, 1.165) is 0 Å². The standard InChI is InChI=1S/C20H15ClF4N4O2/c21-14-7-6-11(8-12(14)15(30)13-9-19(22,23)20(13,24)25)29-18(10-4-2-1-3-5-10)27-17(28-29)16(26)31/h1-8,13,15,30H,9H2,(H2,26,31). The van der Waals surface area contributed by atoms with E-state index in [1.54, 1.807) is 30.3 Å². The molecule has 2 unspecified atom stereocenters. The lowest BCUT2D eigenvalue weighted by molar-refractivity contribution is -0.331. The molecule has 0 spiro atoms. The second-order valence-corrected chi connectivity index (χ2v) is 7.60. The molecule has 6 nitrogen and oxygen atoms in total. The van der Waals surface area contributed by atoms with Crippen molar-refractivity contribution in [3.8, 4) is 17.1 Å². The van der Waals surface area contributed by atoms with Crippen molar-refractivity contribution in [1.82, 2.24) is 14.8 Å². The third kappa shape index (κ3) is 3.45. The maximum absolute atomic E-state index is 13.8. The number of nitrogens with two attached hydrogens (primary N) is 1. The molecule has 3 N–H and O–H groups in total. The van der Waals surface area contributed by atoms with Gasteiger partial charge in [-0.05, 0) is 18.2 Å². The van der Waals surface area contributed by atoms with Crippen LogP contribution in [0.5, 0.6) is 0 Å². The molecule has 2 aromatic carbocycles. The molecule has 0 saturated heterocycles. The predicted octanol–water partition coefficient (Wildman–Crippen LogP) is 4.01. The highest BCUT2D eigenvalue weighted by Crippen LogP contribution is 2.59. The van der Waals surface area contributed by atoms with Gasteiger partial charge in [0.15, 0.2) is 5.82 Å². The first-order chi connectivity index (χ1) is 14.5. The smallest absolute Gasteiger partial charge is 0.316 e. The van der Waals surface area contributed by atoms with Gasteiger partial charge in [-0.1, -0.05) is 41.9 Å². The summed E-state index contributed by atoms with van der Waals surface area (Å²) in [6.45, 7) is 0. The normalized spacial score (nSPS) is 20.1. The van der Waals surface area contributed by atoms with Crippen LogP contribution < -0.4 is 5.73 Å². The number of carbonyl (C=O) groups is 1. The highest BCUT2D eigenvalue weighted by molar-refractivity contribution is 6.31. The zero-order valence-corrected chi connectivity index (χ0v) is 16.4. The van der Waals surface area contributed by atoms with Gasteiger partial charge in [0, 0.05) is 22.6 Å². The third-order valence-electron chi connectivity index (χ3n) is 5.21. The molecule has 1 fully saturated rings. The Bertz CT molecular complexity index is 1150. The number of carbonyl (C=O) groups excluding carboxylic acids is 1. The Morgan fingerprint density at radius 3 is 2.45 bits per heavy atom. The predicted molar refractivity (Wildman–Crippen MR) is 103 cm³/mol. The van der Waals surface area contributed by atoms with E-state index in [1.165, 1.54) is 22.9 Å². The van der Waals surface area contributed by atoms with Crippen molar-refractivity contribution in [3.05, 3.63) is 64.9 Å². The molecule has 11 heteroatoms. The molecule has 1 aliphatic rings. The fourth-order valence-electron chi connectivity index (χ4n) is 3.47. The van der Waals surface area contributed by atoms with Crippen LogP contribution in [-0.4, -0.2) is 37.6 Å². The first-order valence-electron chi connectivity index (χ1n) is 9.09. The van der Waals surface area contributed by atoms with Crippen molar-refractivity contribution in [3.63, 3.8) is 0 Å². The van der Waals surface area contributed by atoms with Crippen LogP contribution in [0.25, 0.3) is 17.1 Å². The van der Waals surface area contributed by atoms with E-state index in [4.69, 9.17) is 17.3 Å². The van der Waals surface area contributed by atoms with E-state index in [9.17, 15) is 27.5 Å². The monoisotopic (exact) mass is 454 g/mol. The summed E-state index contributed by atoms with van der Waals surface area (Å²) in [5.41, 5.74) is 5.90. The van der Waals surface area contributed by atoms with Crippen LogP contribution in [0.3, 0.4) is 0 Å². The molecular formula is C20H15ClF4N4O2. The van der Waals surface area contributed by atoms with Crippen LogP contribution in [0.2, 0.25) is 5.02 Å². The molecule has 162 valence electrons. The summed E-state index contributed by atoms with van der Waals surface area (Å²) >= 11 is 6.07. The van der Waals surface area contributed by atoms with Gasteiger partial charge < -0.3 is 10.8 Å². The highest BCUT2D eigenvalue weighted by Gasteiger charge is 2.73. The van der Waals surface area contributed by atoms with Gasteiger partial charge in [-0.25, -0.2) is 9.67 Å². The van der Waals surface area contributed by atoms with Gasteiger partial charge >= 0.3 is 11.8 Å². The number of alkyl halides is 4. The Balaban J connectivity index is 1.78. The molecule has 1 saturated carbocycles. The zero-order valence-electron chi connectivity index (χ0n) is 15.6. The second-order valence-electron chi connectivity index (χ2n) is 7.19. The zero-order chi connectivity index (χ0) is 22.6. The molecule has 3 aromatic rings. The van der Waals surface area contributed by atoms with Gasteiger partial charge in [0.05, 0.1) is 17.7 Å². The minimum absolute atomic E-state index is 0.0845. The number of rotatable bonds is 5. The number of nitrogens with zero attached hydrogens (tertiary/aromatic N) is 3. The Labute approximate surface area is 178 Å². The van der Waals surface area contributed by atoms with E-state index in [2.05, 4.69) is 10.1 Å². The van der Waals surface area contributed by atoms with Gasteiger partial charge in [0.1, 0.15) is 0 Å². The summed E-state index contributed by atoms with van der Waals surface area (Å²) in [6.07, 6.45) is -3.12. The number of halogens is 5. The van der Waals surface area contributed by atoms with Crippen LogP contribution in [0.1, 0.15) is 28.7 Å². The summed E-state index contributed by atoms with van der Waals surface area (Å²) in [4.78, 5) is 15.7. The fraction of sp³-hybridized carbons (Fsp3) is 0.250. The molecule has 0 aliphatic heterocycles. The van der Waals surface area contributed by atoms with E-state index in [-0.39, 0.29) is 27.9 Å². The Kier molecular flexibility index (Phi) is 5.01. The summed E-state index contributed by atoms with van der Waals surface area (Å²) in [7, 11) is 0. The Hall–Kier alpha value is -2.98. The van der Waals surface area contributed by atoms with Crippen molar-refractivity contribution in [1.29, 1.82) is 0 Å². The molecule has 0 bridgehead atoms. The molecule has 1 aliphatic carbocycles. The van der Waals surface area contributed by atoms with E-state index >= 15 is 0 Å². The van der Waals surface area contributed by atoms with E-state index in [0.29, 0.717) is 5.56 Å². The van der Waals surface area contributed by atoms with Crippen LogP contribution >= 0.6 is 11.6 Å². The average Bonchev–Trinajstić information content (AvgIpc) is 3.18. The molecular weight excluding hydrogens is 440 g/mol. The average molecular weight is 455 g/mol. The summed E-state index contributed by atoms with van der Waals surface area (Å²) in [6, 6.07) is 12.6. The van der Waals surface area contributed by atoms with Crippen molar-refractivity contribution in [2.24, 2.45) is 11.7 Å². The first-order valence-corrected chi connectivity index (χ1v) is 9.46. The topological polar surface area (TPSA) is 94.0 Å². The Morgan fingerprint density at radius 2 is 1.87 bits per heavy atom. The Morgan fingerprint density at radius 1 is 1.19 bits per heavy atom. The quantitative estimate of drug-likeness (QED) is 0.569. The lowest BCUT2D eigenvalue weighted by Crippen LogP contribution is -2.60. The minimum atomic E-state index is -4.37. The van der Waals surface area contributed by atoms with Crippen molar-refractivity contribution in [2.45, 2.75) is 24.4 Å². The summed E-state index contributed by atoms with van der Waals surface area (Å²) in [5, 5.41) is 14.4. The van der Waals surface area contributed by atoms with Crippen LogP contribution in [0.15, 0.2) is 48.5 Å². The maximum Gasteiger partial charge on any atom is 0.316 e. The van der Waals surface area contributed by atoms with Crippen molar-refractivity contribution in [2.75, 3.05) is 0 Å². The maximum atomic E-state index is 13.8. The lowest BCUT2D eigenvalue weighted by Gasteiger charge is -2.46. The number of aromatic nitrogens is 3. The van der Waals surface area contributed by atoms with Crippen LogP contribution in [-0.2, 0) is 0 Å². The van der Waals surface area contributed by atoms with Gasteiger partial charge in [-0.15, -0.1) is 5.10 Å². The molecule has 1 heterocycles. The van der Waals surface area contributed by atoms with Gasteiger partial charge in [-0.3, -0.25) is 4.79 Å². The van der Waals surface area contributed by atoms with Crippen molar-refractivity contribution < 1.29 is 27.5 Å². The number of benzene rings is 2. The molecule has 0 radical (unpaired) electrons. The highest BCUT2D eigenvalue weighted by atomic mass is 35.5. The third-order valence-corrected chi connectivity index (χ3v) is 5.56. The number of amides is 1. The van der Waals surface area contributed by atoms with E-state index in [1.807, 2.05) is 0 Å². The molecule has 31 heavy (non-hydrogen) atoms. The van der Waals surface area contributed by atoms with Gasteiger partial charge in [0.2, 0.25) is 5.82 Å². The van der Waals surface area contributed by atoms with Gasteiger partial charge in [-0.2, -0.15) is 17.6 Å². The largest absolute Gasteiger partial charge is 0.388 e. The molecule has 1 aromatic heterocycles. The van der Waals surface area contributed by atoms with E-state index < -0.39 is 36.2 Å². The number of primary amides is 1. The summed E-state index contributed by atoms with van der Waals surface area (Å²) in [5.74, 6) is -11.5. The SMILES string of the molecule is NC(=O)c1nc(-c2ccccc2)n(-c2ccc(Cl)c(C(O)C3CC(F)(F)C3(F)F)c2)n1. The fourth-order valence-corrected chi connectivity index (χ4v) is 3.70. The van der Waals surface area contributed by atoms with Crippen molar-refractivity contribution >= 4 is 17.5 Å². The molecule has 4 rings (SSSR count). The number of aliphatic hydroxyl groups excluding tert-OH is 1.